The maximum absolute atomic E-state index is 5.87. The minimum absolute atomic E-state index is 0.244. The predicted octanol–water partition coefficient (Wildman–Crippen LogP) is 2.17. The van der Waals surface area contributed by atoms with Crippen molar-refractivity contribution < 1.29 is 0 Å². The first-order valence-electron chi connectivity index (χ1n) is 6.29. The molecule has 17 heavy (non-hydrogen) atoms. The lowest BCUT2D eigenvalue weighted by Crippen LogP contribution is -2.14. The first kappa shape index (κ1) is 9.95. The summed E-state index contributed by atoms with van der Waals surface area (Å²) in [4.78, 5) is 8.05. The summed E-state index contributed by atoms with van der Waals surface area (Å²) in [6, 6.07) is 2.36. The van der Waals surface area contributed by atoms with E-state index in [9.17, 15) is 0 Å². The van der Waals surface area contributed by atoms with E-state index in [1.807, 2.05) is 0 Å². The van der Waals surface area contributed by atoms with Crippen molar-refractivity contribution in [3.05, 3.63) is 11.2 Å². The lowest BCUT2D eigenvalue weighted by Gasteiger charge is -2.11. The average Bonchev–Trinajstić information content (AvgIpc) is 2.69. The molecule has 0 spiro atoms. The number of anilines is 2. The van der Waals surface area contributed by atoms with E-state index in [0.29, 0.717) is 11.2 Å². The Kier molecular flexibility index (Phi) is 1.90. The van der Waals surface area contributed by atoms with Crippen LogP contribution in [0, 0.1) is 23.7 Å². The standard InChI is InChI=1S/C12H15ClN4/c13-7-4-8(17-12(14)15-7)16-11-9-5-1-2-6(3-5)10(9)11/h4-6,9-11H,1-3H2,(H3,14,15,16,17). The number of nitrogen functional groups attached to an aromatic ring is 1. The van der Waals surface area contributed by atoms with E-state index < -0.39 is 0 Å². The Balaban J connectivity index is 1.52. The fraction of sp³-hybridized carbons (Fsp3) is 0.667. The number of aromatic nitrogens is 2. The summed E-state index contributed by atoms with van der Waals surface area (Å²) < 4.78 is 0. The van der Waals surface area contributed by atoms with Gasteiger partial charge in [0.25, 0.3) is 0 Å². The van der Waals surface area contributed by atoms with Gasteiger partial charge in [0.05, 0.1) is 0 Å². The molecule has 4 atom stereocenters. The molecule has 90 valence electrons. The molecule has 1 heterocycles. The third-order valence-corrected chi connectivity index (χ3v) is 4.96. The monoisotopic (exact) mass is 250 g/mol. The zero-order valence-corrected chi connectivity index (χ0v) is 10.2. The van der Waals surface area contributed by atoms with Gasteiger partial charge in [0, 0.05) is 12.1 Å². The van der Waals surface area contributed by atoms with Crippen LogP contribution in [0.2, 0.25) is 5.15 Å². The smallest absolute Gasteiger partial charge is 0.223 e. The Hall–Kier alpha value is -1.03. The number of rotatable bonds is 2. The van der Waals surface area contributed by atoms with Gasteiger partial charge >= 0.3 is 0 Å². The second-order valence-electron chi connectivity index (χ2n) is 5.59. The molecule has 1 aromatic heterocycles. The van der Waals surface area contributed by atoms with Crippen LogP contribution < -0.4 is 11.1 Å². The van der Waals surface area contributed by atoms with Gasteiger partial charge in [0.2, 0.25) is 5.95 Å². The molecular formula is C12H15ClN4. The molecular weight excluding hydrogens is 236 g/mol. The second kappa shape index (κ2) is 3.25. The molecule has 3 saturated carbocycles. The molecule has 3 aliphatic carbocycles. The van der Waals surface area contributed by atoms with Crippen molar-refractivity contribution in [3.8, 4) is 0 Å². The van der Waals surface area contributed by atoms with Gasteiger partial charge in [0.15, 0.2) is 0 Å². The number of hydrogen-bond acceptors (Lipinski definition) is 4. The number of nitrogens with zero attached hydrogens (tertiary/aromatic N) is 2. The van der Waals surface area contributed by atoms with E-state index in [0.717, 1.165) is 29.5 Å². The Bertz CT molecular complexity index is 441. The first-order valence-corrected chi connectivity index (χ1v) is 6.67. The van der Waals surface area contributed by atoms with Gasteiger partial charge in [-0.3, -0.25) is 0 Å². The summed E-state index contributed by atoms with van der Waals surface area (Å²) in [7, 11) is 0. The zero-order chi connectivity index (χ0) is 11.6. The highest BCUT2D eigenvalue weighted by Gasteiger charge is 2.65. The molecule has 2 bridgehead atoms. The lowest BCUT2D eigenvalue weighted by molar-refractivity contribution is 0.456. The molecule has 0 aromatic carbocycles. The van der Waals surface area contributed by atoms with E-state index in [-0.39, 0.29) is 5.95 Å². The molecule has 4 nitrogen and oxygen atoms in total. The lowest BCUT2D eigenvalue weighted by atomic mass is 10.0. The van der Waals surface area contributed by atoms with Gasteiger partial charge < -0.3 is 11.1 Å². The molecule has 0 amide bonds. The third kappa shape index (κ3) is 1.43. The first-order chi connectivity index (χ1) is 8.22. The van der Waals surface area contributed by atoms with Crippen LogP contribution in [0.4, 0.5) is 11.8 Å². The number of hydrogen-bond donors (Lipinski definition) is 2. The van der Waals surface area contributed by atoms with Crippen molar-refractivity contribution >= 4 is 23.4 Å². The van der Waals surface area contributed by atoms with Crippen LogP contribution >= 0.6 is 11.6 Å². The van der Waals surface area contributed by atoms with Crippen LogP contribution in [0.1, 0.15) is 19.3 Å². The number of fused-ring (bicyclic) bond motifs is 5. The second-order valence-corrected chi connectivity index (χ2v) is 5.98. The molecule has 5 heteroatoms. The van der Waals surface area contributed by atoms with Gasteiger partial charge in [-0.2, -0.15) is 4.98 Å². The van der Waals surface area contributed by atoms with Gasteiger partial charge in [-0.25, -0.2) is 4.98 Å². The molecule has 4 unspecified atom stereocenters. The molecule has 0 saturated heterocycles. The van der Waals surface area contributed by atoms with Crippen LogP contribution in [0.15, 0.2) is 6.07 Å². The van der Waals surface area contributed by atoms with Crippen molar-refractivity contribution in [2.45, 2.75) is 25.3 Å². The van der Waals surface area contributed by atoms with Crippen molar-refractivity contribution in [2.75, 3.05) is 11.1 Å². The SMILES string of the molecule is Nc1nc(Cl)cc(NC2C3C4CCC(C4)C23)n1. The maximum Gasteiger partial charge on any atom is 0.223 e. The predicted molar refractivity (Wildman–Crippen MR) is 66.7 cm³/mol. The summed E-state index contributed by atoms with van der Waals surface area (Å²) in [5.41, 5.74) is 5.59. The normalized spacial score (nSPS) is 41.4. The molecule has 3 aliphatic rings. The summed E-state index contributed by atoms with van der Waals surface area (Å²) in [6.07, 6.45) is 4.31. The average molecular weight is 251 g/mol. The zero-order valence-electron chi connectivity index (χ0n) is 9.44. The highest BCUT2D eigenvalue weighted by atomic mass is 35.5. The number of nitrogens with two attached hydrogens (primary N) is 1. The highest BCUT2D eigenvalue weighted by molar-refractivity contribution is 6.29. The fourth-order valence-electron chi connectivity index (χ4n) is 4.20. The molecule has 3 fully saturated rings. The maximum atomic E-state index is 5.87. The third-order valence-electron chi connectivity index (χ3n) is 4.76. The van der Waals surface area contributed by atoms with Crippen LogP contribution in [-0.4, -0.2) is 16.0 Å². The van der Waals surface area contributed by atoms with Crippen molar-refractivity contribution in [1.29, 1.82) is 0 Å². The van der Waals surface area contributed by atoms with Crippen molar-refractivity contribution in [2.24, 2.45) is 23.7 Å². The fourth-order valence-corrected chi connectivity index (χ4v) is 4.39. The Labute approximate surface area is 105 Å². The van der Waals surface area contributed by atoms with Crippen LogP contribution in [-0.2, 0) is 0 Å². The molecule has 1 aromatic rings. The van der Waals surface area contributed by atoms with E-state index in [1.54, 1.807) is 6.07 Å². The molecule has 4 rings (SSSR count). The van der Waals surface area contributed by atoms with Gasteiger partial charge in [-0.15, -0.1) is 0 Å². The number of nitrogens with one attached hydrogen (secondary N) is 1. The van der Waals surface area contributed by atoms with E-state index in [4.69, 9.17) is 17.3 Å². The number of halogens is 1. The van der Waals surface area contributed by atoms with Gasteiger partial charge in [-0.1, -0.05) is 11.6 Å². The van der Waals surface area contributed by atoms with E-state index >= 15 is 0 Å². The highest BCUT2D eigenvalue weighted by Crippen LogP contribution is 2.66. The molecule has 0 radical (unpaired) electrons. The van der Waals surface area contributed by atoms with Crippen LogP contribution in [0.3, 0.4) is 0 Å². The summed E-state index contributed by atoms with van der Waals surface area (Å²) in [5, 5.41) is 3.90. The van der Waals surface area contributed by atoms with Gasteiger partial charge in [-0.05, 0) is 42.9 Å². The van der Waals surface area contributed by atoms with Crippen LogP contribution in [0.5, 0.6) is 0 Å². The van der Waals surface area contributed by atoms with Crippen LogP contribution in [0.25, 0.3) is 0 Å². The van der Waals surface area contributed by atoms with Crippen molar-refractivity contribution in [3.63, 3.8) is 0 Å². The summed E-state index contributed by atoms with van der Waals surface area (Å²) in [6.45, 7) is 0. The summed E-state index contributed by atoms with van der Waals surface area (Å²) in [5.74, 6) is 4.69. The quantitative estimate of drug-likeness (QED) is 0.790. The topological polar surface area (TPSA) is 63.8 Å². The summed E-state index contributed by atoms with van der Waals surface area (Å²) >= 11 is 5.87. The minimum atomic E-state index is 0.244. The Morgan fingerprint density at radius 3 is 2.59 bits per heavy atom. The minimum Gasteiger partial charge on any atom is -0.368 e. The largest absolute Gasteiger partial charge is 0.368 e. The Morgan fingerprint density at radius 1 is 1.24 bits per heavy atom. The Morgan fingerprint density at radius 2 is 1.94 bits per heavy atom. The van der Waals surface area contributed by atoms with E-state index in [1.165, 1.54) is 19.3 Å². The van der Waals surface area contributed by atoms with Gasteiger partial charge in [0.1, 0.15) is 11.0 Å². The van der Waals surface area contributed by atoms with Crippen molar-refractivity contribution in [1.82, 2.24) is 9.97 Å². The molecule has 0 aliphatic heterocycles. The van der Waals surface area contributed by atoms with E-state index in [2.05, 4.69) is 15.3 Å². The molecule has 3 N–H and O–H groups in total.